The minimum Gasteiger partial charge on any atom is -0.497 e. The lowest BCUT2D eigenvalue weighted by Gasteiger charge is -2.27. The van der Waals surface area contributed by atoms with Crippen LogP contribution in [-0.2, 0) is 4.79 Å². The molecule has 1 saturated heterocycles. The molecular formula is C25H33N2O6+. The molecule has 2 aromatic carbocycles. The topological polar surface area (TPSA) is 90.7 Å². The number of nitrogens with one attached hydrogen (secondary N) is 2. The number of likely N-dealkylation sites (tertiary alicyclic amines) is 1. The molecule has 0 bridgehead atoms. The van der Waals surface area contributed by atoms with Gasteiger partial charge in [-0.2, -0.15) is 0 Å². The van der Waals surface area contributed by atoms with Gasteiger partial charge >= 0.3 is 0 Å². The molecule has 0 aromatic heterocycles. The van der Waals surface area contributed by atoms with Crippen molar-refractivity contribution in [3.63, 3.8) is 0 Å². The Hall–Kier alpha value is -2.97. The number of carbonyl (C=O) groups excluding carboxylic acids is 1. The van der Waals surface area contributed by atoms with Gasteiger partial charge in [-0.25, -0.2) is 0 Å². The van der Waals surface area contributed by atoms with E-state index in [1.54, 1.807) is 7.11 Å². The summed E-state index contributed by atoms with van der Waals surface area (Å²) in [6.45, 7) is 4.03. The lowest BCUT2D eigenvalue weighted by molar-refractivity contribution is -0.889. The van der Waals surface area contributed by atoms with E-state index in [9.17, 15) is 9.90 Å². The summed E-state index contributed by atoms with van der Waals surface area (Å²) in [5.41, 5.74) is 0.706. The Kier molecular flexibility index (Phi) is 7.91. The molecule has 0 aliphatic carbocycles. The standard InChI is InChI=1S/C25H32N2O6/c1-30-19-5-7-20(8-6-19)31-13-10-24(28)26-21(17-27-11-2-3-12-27)25(29)18-4-9-22-23(16-18)33-15-14-32-22/h4-9,16,21,25,29H,2-3,10-15,17H2,1H3,(H,26,28)/p+1/t21-,25?/m1/s1. The Labute approximate surface area is 194 Å². The molecule has 2 heterocycles. The zero-order chi connectivity index (χ0) is 23.0. The number of fused-ring (bicyclic) bond motifs is 1. The number of quaternary nitrogens is 1. The Balaban J connectivity index is 1.36. The number of rotatable bonds is 10. The summed E-state index contributed by atoms with van der Waals surface area (Å²) < 4.78 is 22.1. The minimum absolute atomic E-state index is 0.149. The highest BCUT2D eigenvalue weighted by Gasteiger charge is 2.30. The Bertz CT molecular complexity index is 914. The summed E-state index contributed by atoms with van der Waals surface area (Å²) in [5.74, 6) is 2.59. The molecule has 2 aliphatic heterocycles. The maximum Gasteiger partial charge on any atom is 0.223 e. The quantitative estimate of drug-likeness (QED) is 0.496. The molecular weight excluding hydrogens is 424 g/mol. The summed E-state index contributed by atoms with van der Waals surface area (Å²) in [4.78, 5) is 14.1. The van der Waals surface area contributed by atoms with Crippen LogP contribution in [0.1, 0.15) is 30.9 Å². The van der Waals surface area contributed by atoms with Crippen LogP contribution in [0.15, 0.2) is 42.5 Å². The van der Waals surface area contributed by atoms with Crippen LogP contribution in [-0.4, -0.2) is 63.6 Å². The van der Waals surface area contributed by atoms with Gasteiger partial charge in [0, 0.05) is 12.8 Å². The number of hydrogen-bond donors (Lipinski definition) is 3. The molecule has 2 aromatic rings. The van der Waals surface area contributed by atoms with Gasteiger partial charge in [0.1, 0.15) is 43.4 Å². The maximum absolute atomic E-state index is 12.7. The van der Waals surface area contributed by atoms with Gasteiger partial charge in [0.15, 0.2) is 11.5 Å². The maximum atomic E-state index is 12.7. The van der Waals surface area contributed by atoms with Crippen LogP contribution in [0.2, 0.25) is 0 Å². The fourth-order valence-electron chi connectivity index (χ4n) is 4.32. The summed E-state index contributed by atoms with van der Waals surface area (Å²) in [6, 6.07) is 12.3. The molecule has 0 saturated carbocycles. The number of amides is 1. The number of hydrogen-bond acceptors (Lipinski definition) is 6. The molecule has 1 unspecified atom stereocenters. The molecule has 1 fully saturated rings. The van der Waals surface area contributed by atoms with Gasteiger partial charge in [0.05, 0.1) is 33.2 Å². The Morgan fingerprint density at radius 3 is 2.48 bits per heavy atom. The largest absolute Gasteiger partial charge is 0.497 e. The van der Waals surface area contributed by atoms with Gasteiger partial charge in [-0.15, -0.1) is 0 Å². The zero-order valence-electron chi connectivity index (χ0n) is 19.0. The smallest absolute Gasteiger partial charge is 0.223 e. The van der Waals surface area contributed by atoms with Crippen LogP contribution in [0, 0.1) is 0 Å². The molecule has 2 aliphatic rings. The normalized spacial score (nSPS) is 17.3. The van der Waals surface area contributed by atoms with E-state index in [1.807, 2.05) is 42.5 Å². The molecule has 3 N–H and O–H groups in total. The van der Waals surface area contributed by atoms with Crippen LogP contribution in [0.4, 0.5) is 0 Å². The SMILES string of the molecule is COc1ccc(OCCC(=O)N[C@H](C[NH+]2CCCC2)C(O)c2ccc3c(c2)OCCO3)cc1. The van der Waals surface area contributed by atoms with Crippen molar-refractivity contribution in [2.75, 3.05) is 46.6 Å². The average Bonchev–Trinajstić information content (AvgIpc) is 3.36. The Morgan fingerprint density at radius 1 is 1.06 bits per heavy atom. The van der Waals surface area contributed by atoms with Gasteiger partial charge in [0.25, 0.3) is 0 Å². The second kappa shape index (κ2) is 11.2. The van der Waals surface area contributed by atoms with Crippen molar-refractivity contribution in [1.29, 1.82) is 0 Å². The molecule has 8 heteroatoms. The zero-order valence-corrected chi connectivity index (χ0v) is 19.0. The second-order valence-corrected chi connectivity index (χ2v) is 8.46. The monoisotopic (exact) mass is 457 g/mol. The van der Waals surface area contributed by atoms with Crippen LogP contribution >= 0.6 is 0 Å². The highest BCUT2D eigenvalue weighted by Crippen LogP contribution is 2.33. The number of methoxy groups -OCH3 is 1. The van der Waals surface area contributed by atoms with E-state index in [-0.39, 0.29) is 18.9 Å². The predicted molar refractivity (Wildman–Crippen MR) is 122 cm³/mol. The number of ether oxygens (including phenoxy) is 4. The Morgan fingerprint density at radius 2 is 1.76 bits per heavy atom. The van der Waals surface area contributed by atoms with Crippen molar-refractivity contribution < 1.29 is 33.7 Å². The lowest BCUT2D eigenvalue weighted by atomic mass is 10.0. The summed E-state index contributed by atoms with van der Waals surface area (Å²) in [5, 5.41) is 14.2. The highest BCUT2D eigenvalue weighted by atomic mass is 16.6. The first kappa shape index (κ1) is 23.2. The highest BCUT2D eigenvalue weighted by molar-refractivity contribution is 5.76. The van der Waals surface area contributed by atoms with Crippen LogP contribution in [0.5, 0.6) is 23.0 Å². The number of carbonyl (C=O) groups is 1. The fourth-order valence-corrected chi connectivity index (χ4v) is 4.32. The second-order valence-electron chi connectivity index (χ2n) is 8.46. The van der Waals surface area contributed by atoms with Crippen LogP contribution < -0.4 is 29.2 Å². The van der Waals surface area contributed by atoms with Gasteiger partial charge < -0.3 is 34.3 Å². The summed E-state index contributed by atoms with van der Waals surface area (Å²) >= 11 is 0. The number of benzene rings is 2. The third-order valence-electron chi connectivity index (χ3n) is 6.11. The number of aliphatic hydroxyl groups excluding tert-OH is 1. The number of aliphatic hydroxyl groups is 1. The molecule has 0 spiro atoms. The van der Waals surface area contributed by atoms with E-state index in [1.165, 1.54) is 17.7 Å². The van der Waals surface area contributed by atoms with Crippen molar-refractivity contribution in [2.24, 2.45) is 0 Å². The van der Waals surface area contributed by atoms with Crippen molar-refractivity contribution in [3.8, 4) is 23.0 Å². The van der Waals surface area contributed by atoms with Gasteiger partial charge in [-0.1, -0.05) is 6.07 Å². The fraction of sp³-hybridized carbons (Fsp3) is 0.480. The van der Waals surface area contributed by atoms with Gasteiger partial charge in [-0.05, 0) is 42.0 Å². The van der Waals surface area contributed by atoms with Crippen molar-refractivity contribution in [1.82, 2.24) is 5.32 Å². The van der Waals surface area contributed by atoms with E-state index in [2.05, 4.69) is 5.32 Å². The van der Waals surface area contributed by atoms with E-state index >= 15 is 0 Å². The summed E-state index contributed by atoms with van der Waals surface area (Å²) in [6.07, 6.45) is 1.70. The molecule has 4 rings (SSSR count). The van der Waals surface area contributed by atoms with E-state index in [0.29, 0.717) is 42.6 Å². The van der Waals surface area contributed by atoms with E-state index < -0.39 is 12.1 Å². The third kappa shape index (κ3) is 6.30. The average molecular weight is 458 g/mol. The van der Waals surface area contributed by atoms with Gasteiger partial charge in [0.2, 0.25) is 5.91 Å². The van der Waals surface area contributed by atoms with Crippen molar-refractivity contribution >= 4 is 5.91 Å². The van der Waals surface area contributed by atoms with E-state index in [4.69, 9.17) is 18.9 Å². The first-order valence-electron chi connectivity index (χ1n) is 11.6. The molecule has 2 atom stereocenters. The first-order chi connectivity index (χ1) is 16.1. The minimum atomic E-state index is -0.847. The van der Waals surface area contributed by atoms with Crippen molar-refractivity contribution in [2.45, 2.75) is 31.4 Å². The molecule has 1 amide bonds. The van der Waals surface area contributed by atoms with Gasteiger partial charge in [-0.3, -0.25) is 4.79 Å². The predicted octanol–water partition coefficient (Wildman–Crippen LogP) is 1.13. The van der Waals surface area contributed by atoms with Crippen LogP contribution in [0.25, 0.3) is 0 Å². The van der Waals surface area contributed by atoms with E-state index in [0.717, 1.165) is 18.8 Å². The molecule has 178 valence electrons. The third-order valence-corrected chi connectivity index (χ3v) is 6.11. The van der Waals surface area contributed by atoms with Crippen LogP contribution in [0.3, 0.4) is 0 Å². The first-order valence-corrected chi connectivity index (χ1v) is 11.6. The molecule has 0 radical (unpaired) electrons. The van der Waals surface area contributed by atoms with Crippen molar-refractivity contribution in [3.05, 3.63) is 48.0 Å². The molecule has 8 nitrogen and oxygen atoms in total. The summed E-state index contributed by atoms with van der Waals surface area (Å²) in [7, 11) is 1.61. The molecule has 33 heavy (non-hydrogen) atoms. The lowest BCUT2D eigenvalue weighted by Crippen LogP contribution is -3.11.